The zero-order chi connectivity index (χ0) is 71.1. The second kappa shape index (κ2) is 41.5. The van der Waals surface area contributed by atoms with Gasteiger partial charge in [0.1, 0.15) is 0 Å². The zero-order valence-corrected chi connectivity index (χ0v) is 66.8. The number of unbranched alkanes of at least 4 members (excludes halogenated alkanes) is 1. The molecule has 4 bridgehead atoms. The van der Waals surface area contributed by atoms with Gasteiger partial charge in [-0.1, -0.05) is 231 Å². The maximum Gasteiger partial charge on any atom is -0.0133 e. The summed E-state index contributed by atoms with van der Waals surface area (Å²) >= 11 is 0. The molecule has 0 aromatic heterocycles. The monoisotopic (exact) mass is 1350 g/mol. The van der Waals surface area contributed by atoms with E-state index in [-0.39, 0.29) is 0 Å². The standard InChI is InChI=1S/C14H24.C14H20.C13H18.C12H22.C12H18.C12H16.C9H18.C9H14.C4H10/c2*1-3-9-7-10(4-2)14-12-6-5-11(8-12)13(9)14;1-3-10-9-11(4-2)13-8-6-5-7-12(10)13;3*1-3-9-8-10(4-2)12-7-5-6-11(9)12;2*1-3-8-5-6-9(4-2)7-8;1-3-4-2/h9-14H,3-8H2,1-2H3;3-4,9-14H,1-2,5-8H2;5-8,10-11H,3-4,9H2,1-2H3;9-12H,3-8H2,1-2H3;3-4,9-12H,1-2,5-8H2;3-6,9-12H,1-2,7-8H2;8-9H,3-7H2,1-2H3;3-4,8-9H,1-2,5-7H2;3-4H2,1-2H3. The fraction of sp³-hybridized carbons (Fsp3) is 0.758. The lowest BCUT2D eigenvalue weighted by Gasteiger charge is -2.30. The molecule has 15 aliphatic rings. The largest absolute Gasteiger partial charge is 0.103 e. The van der Waals surface area contributed by atoms with E-state index in [1.54, 1.807) is 56.1 Å². The van der Waals surface area contributed by atoms with Crippen LogP contribution in [0.15, 0.2) is 138 Å². The van der Waals surface area contributed by atoms with Crippen LogP contribution in [0.4, 0.5) is 0 Å². The fourth-order valence-corrected chi connectivity index (χ4v) is 26.1. The van der Waals surface area contributed by atoms with Crippen LogP contribution in [0.25, 0.3) is 0 Å². The minimum Gasteiger partial charge on any atom is -0.103 e. The van der Waals surface area contributed by atoms with Crippen LogP contribution in [0.2, 0.25) is 0 Å². The van der Waals surface area contributed by atoms with Gasteiger partial charge in [0.2, 0.25) is 0 Å². The Morgan fingerprint density at radius 3 is 1.06 bits per heavy atom. The first kappa shape index (κ1) is 81.5. The van der Waals surface area contributed by atoms with Gasteiger partial charge in [-0.2, -0.15) is 0 Å². The van der Waals surface area contributed by atoms with Gasteiger partial charge in [-0.25, -0.2) is 0 Å². The maximum absolute atomic E-state index is 4.02. The molecule has 0 heteroatoms. The predicted octanol–water partition coefficient (Wildman–Crippen LogP) is 30.1. The molecule has 0 heterocycles. The molecule has 0 amide bonds. The second-order valence-electron chi connectivity index (χ2n) is 35.9. The van der Waals surface area contributed by atoms with Crippen LogP contribution in [-0.4, -0.2) is 0 Å². The summed E-state index contributed by atoms with van der Waals surface area (Å²) in [4.78, 5) is 0. The Morgan fingerprint density at radius 2 is 0.697 bits per heavy atom. The molecule has 0 aliphatic heterocycles. The molecule has 1 aromatic rings. The molecule has 556 valence electrons. The topological polar surface area (TPSA) is 0 Å². The van der Waals surface area contributed by atoms with E-state index in [0.717, 1.165) is 160 Å². The van der Waals surface area contributed by atoms with Crippen molar-refractivity contribution >= 4 is 0 Å². The van der Waals surface area contributed by atoms with E-state index in [0.29, 0.717) is 5.92 Å². The van der Waals surface area contributed by atoms with Crippen molar-refractivity contribution in [3.8, 4) is 0 Å². The predicted molar refractivity (Wildman–Crippen MR) is 439 cm³/mol. The first-order chi connectivity index (χ1) is 48.3. The lowest BCUT2D eigenvalue weighted by molar-refractivity contribution is 0.184. The van der Waals surface area contributed by atoms with Crippen LogP contribution in [0.5, 0.6) is 0 Å². The van der Waals surface area contributed by atoms with Gasteiger partial charge in [-0.15, -0.1) is 52.6 Å². The Bertz CT molecular complexity index is 2440. The number of rotatable bonds is 17. The summed E-state index contributed by atoms with van der Waals surface area (Å²) in [5.74, 6) is 28.9. The fourth-order valence-electron chi connectivity index (χ4n) is 26.1. The molecule has 30 unspecified atom stereocenters. The first-order valence-corrected chi connectivity index (χ1v) is 44.1. The minimum atomic E-state index is 0.705. The van der Waals surface area contributed by atoms with Gasteiger partial charge in [0.05, 0.1) is 0 Å². The molecular formula is C99H160. The average molecular weight is 1350 g/mol. The average Bonchev–Trinajstić information content (AvgIpc) is 1.59. The summed E-state index contributed by atoms with van der Waals surface area (Å²) in [7, 11) is 0. The summed E-state index contributed by atoms with van der Waals surface area (Å²) in [5, 5.41) is 0. The van der Waals surface area contributed by atoms with Crippen molar-refractivity contribution in [2.45, 2.75) is 306 Å². The Kier molecular flexibility index (Phi) is 34.2. The van der Waals surface area contributed by atoms with Gasteiger partial charge >= 0.3 is 0 Å². The number of hydrogen-bond donors (Lipinski definition) is 0. The molecular weight excluding hydrogens is 1190 g/mol. The van der Waals surface area contributed by atoms with E-state index in [2.05, 4.69) is 207 Å². The second-order valence-corrected chi connectivity index (χ2v) is 35.9. The van der Waals surface area contributed by atoms with Gasteiger partial charge in [0, 0.05) is 0 Å². The van der Waals surface area contributed by atoms with Crippen LogP contribution >= 0.6 is 0 Å². The van der Waals surface area contributed by atoms with E-state index < -0.39 is 0 Å². The highest BCUT2D eigenvalue weighted by Crippen LogP contribution is 2.65. The zero-order valence-electron chi connectivity index (χ0n) is 66.8. The highest BCUT2D eigenvalue weighted by atomic mass is 14.6. The molecule has 13 fully saturated rings. The van der Waals surface area contributed by atoms with Crippen molar-refractivity contribution in [3.05, 3.63) is 149 Å². The lowest BCUT2D eigenvalue weighted by Crippen LogP contribution is -2.24. The van der Waals surface area contributed by atoms with Crippen molar-refractivity contribution in [1.82, 2.24) is 0 Å². The van der Waals surface area contributed by atoms with Crippen LogP contribution < -0.4 is 0 Å². The number of benzene rings is 1. The van der Waals surface area contributed by atoms with Gasteiger partial charge in [-0.05, 0) is 336 Å². The Balaban J connectivity index is 0.000000144. The molecule has 15 aliphatic carbocycles. The summed E-state index contributed by atoms with van der Waals surface area (Å²) in [6, 6.07) is 9.00. The van der Waals surface area contributed by atoms with Crippen molar-refractivity contribution < 1.29 is 0 Å². The van der Waals surface area contributed by atoms with E-state index in [4.69, 9.17) is 0 Å². The first-order valence-electron chi connectivity index (χ1n) is 44.1. The van der Waals surface area contributed by atoms with Crippen LogP contribution in [0.3, 0.4) is 0 Å². The Morgan fingerprint density at radius 1 is 0.313 bits per heavy atom. The highest BCUT2D eigenvalue weighted by molar-refractivity contribution is 5.38. The van der Waals surface area contributed by atoms with Gasteiger partial charge < -0.3 is 0 Å². The van der Waals surface area contributed by atoms with E-state index in [9.17, 15) is 0 Å². The molecule has 0 nitrogen and oxygen atoms in total. The van der Waals surface area contributed by atoms with Crippen molar-refractivity contribution in [1.29, 1.82) is 0 Å². The normalized spacial score (nSPS) is 42.1. The van der Waals surface area contributed by atoms with Crippen molar-refractivity contribution in [2.24, 2.45) is 166 Å². The Labute approximate surface area is 616 Å². The SMILES string of the molecule is C=CC1CC(C=C)C2C3CCC(C3)C12.C=CC1CC(C=C)C2CC=CC12.C=CC1CC(C=C)C2CCCC12.C=CC1CCC(C=C)C1.CCC1CC(CC)C2C3CCC(C3)C12.CCC1CC(CC)C2CCCC12.CCC1CC(CC)c2ccccc21.CCC1CCC(CC)C1.CCCC. The molecule has 0 N–H and O–H groups in total. The molecule has 99 heavy (non-hydrogen) atoms. The van der Waals surface area contributed by atoms with Crippen LogP contribution in [0, 0.1) is 166 Å². The van der Waals surface area contributed by atoms with Crippen molar-refractivity contribution in [3.63, 3.8) is 0 Å². The van der Waals surface area contributed by atoms with Crippen molar-refractivity contribution in [2.75, 3.05) is 0 Å². The summed E-state index contributed by atoms with van der Waals surface area (Å²) in [6.45, 7) is 54.5. The summed E-state index contributed by atoms with van der Waals surface area (Å²) in [6.07, 6.45) is 72.2. The molecule has 0 radical (unpaired) electrons. The summed E-state index contributed by atoms with van der Waals surface area (Å²) < 4.78 is 0. The highest BCUT2D eigenvalue weighted by Gasteiger charge is 2.57. The third kappa shape index (κ3) is 19.9. The number of fused-ring (bicyclic) bond motifs is 14. The smallest absolute Gasteiger partial charge is 0.0133 e. The summed E-state index contributed by atoms with van der Waals surface area (Å²) in [5.41, 5.74) is 3.24. The van der Waals surface area contributed by atoms with Crippen LogP contribution in [0.1, 0.15) is 317 Å². The Hall–Kier alpha value is -3.12. The molecule has 30 atom stereocenters. The molecule has 0 saturated heterocycles. The molecule has 1 aromatic carbocycles. The minimum absolute atomic E-state index is 0.705. The maximum atomic E-state index is 4.02. The lowest BCUT2D eigenvalue weighted by atomic mass is 9.75. The van der Waals surface area contributed by atoms with E-state index in [1.807, 2.05) is 0 Å². The molecule has 13 saturated carbocycles. The van der Waals surface area contributed by atoms with Gasteiger partial charge in [0.15, 0.2) is 0 Å². The molecule has 0 spiro atoms. The molecule has 16 rings (SSSR count). The quantitative estimate of drug-likeness (QED) is 0.136. The third-order valence-corrected chi connectivity index (χ3v) is 31.7. The third-order valence-electron chi connectivity index (χ3n) is 31.7. The number of allylic oxidation sites excluding steroid dienone is 10. The van der Waals surface area contributed by atoms with Gasteiger partial charge in [-0.3, -0.25) is 0 Å². The van der Waals surface area contributed by atoms with Gasteiger partial charge in [0.25, 0.3) is 0 Å². The van der Waals surface area contributed by atoms with E-state index >= 15 is 0 Å². The van der Waals surface area contributed by atoms with Crippen LogP contribution in [-0.2, 0) is 0 Å². The van der Waals surface area contributed by atoms with E-state index in [1.165, 1.54) is 192 Å². The number of hydrogen-bond acceptors (Lipinski definition) is 0.